The predicted octanol–water partition coefficient (Wildman–Crippen LogP) is 5.17. The molecule has 2 saturated heterocycles. The first kappa shape index (κ1) is 33.6. The van der Waals surface area contributed by atoms with Crippen molar-refractivity contribution in [3.05, 3.63) is 30.5 Å². The minimum absolute atomic E-state index is 0.00871. The summed E-state index contributed by atoms with van der Waals surface area (Å²) in [5, 5.41) is 2.79. The summed E-state index contributed by atoms with van der Waals surface area (Å²) in [5.41, 5.74) is 6.66. The van der Waals surface area contributed by atoms with Crippen LogP contribution in [0.25, 0.3) is 11.0 Å². The van der Waals surface area contributed by atoms with Crippen LogP contribution in [-0.2, 0) is 14.4 Å². The molecule has 0 radical (unpaired) electrons. The van der Waals surface area contributed by atoms with Crippen molar-refractivity contribution < 1.29 is 19.1 Å². The van der Waals surface area contributed by atoms with Crippen LogP contribution in [0.2, 0.25) is 0 Å². The molecule has 0 spiro atoms. The van der Waals surface area contributed by atoms with Gasteiger partial charge >= 0.3 is 0 Å². The fourth-order valence-corrected chi connectivity index (χ4v) is 8.83. The molecule has 10 heteroatoms. The monoisotopic (exact) mass is 637 g/mol. The van der Waals surface area contributed by atoms with Crippen LogP contribution in [0.1, 0.15) is 87.0 Å². The summed E-state index contributed by atoms with van der Waals surface area (Å²) in [7, 11) is 0. The highest BCUT2D eigenvalue weighted by Crippen LogP contribution is 2.52. The third kappa shape index (κ3) is 7.17. The summed E-state index contributed by atoms with van der Waals surface area (Å²) in [5.74, 6) is 0.679. The zero-order chi connectivity index (χ0) is 32.9. The number of piperidine rings is 1. The van der Waals surface area contributed by atoms with Gasteiger partial charge in [0.2, 0.25) is 22.8 Å². The molecular formula is C35H51N5O4S. The Morgan fingerprint density at radius 2 is 1.64 bits per heavy atom. The molecule has 5 rings (SSSR count). The number of carbonyl (C=O) groups excluding carboxylic acids is 3. The van der Waals surface area contributed by atoms with Gasteiger partial charge in [0.05, 0.1) is 29.8 Å². The molecule has 2 aliphatic heterocycles. The molecule has 1 aromatic carbocycles. The highest BCUT2D eigenvalue weighted by atomic mass is 32.1. The molecule has 0 bridgehead atoms. The molecule has 246 valence electrons. The van der Waals surface area contributed by atoms with Gasteiger partial charge < -0.3 is 20.7 Å². The predicted molar refractivity (Wildman–Crippen MR) is 179 cm³/mol. The molecule has 8 atom stereocenters. The van der Waals surface area contributed by atoms with Crippen LogP contribution in [0.4, 0.5) is 0 Å². The van der Waals surface area contributed by atoms with Gasteiger partial charge in [-0.1, -0.05) is 60.6 Å². The molecule has 1 saturated carbocycles. The van der Waals surface area contributed by atoms with Gasteiger partial charge in [-0.05, 0) is 79.7 Å². The minimum atomic E-state index is -1.02. The smallest absolute Gasteiger partial charge is 0.243 e. The number of hydrogen-bond acceptors (Lipinski definition) is 7. The van der Waals surface area contributed by atoms with Gasteiger partial charge in [-0.2, -0.15) is 0 Å². The molecule has 3 heterocycles. The van der Waals surface area contributed by atoms with E-state index in [1.807, 2.05) is 38.1 Å². The molecule has 3 fully saturated rings. The first-order valence-electron chi connectivity index (χ1n) is 16.5. The van der Waals surface area contributed by atoms with Crippen LogP contribution in [-0.4, -0.2) is 62.1 Å². The molecule has 2 aromatic rings. The molecule has 1 aromatic heterocycles. The van der Waals surface area contributed by atoms with Crippen molar-refractivity contribution in [3.8, 4) is 5.88 Å². The number of para-hydroxylation sites is 2. The highest BCUT2D eigenvalue weighted by molar-refractivity contribution is 7.96. The second-order valence-electron chi connectivity index (χ2n) is 15.9. The Kier molecular flexibility index (Phi) is 9.32. The lowest BCUT2D eigenvalue weighted by Gasteiger charge is -2.48. The van der Waals surface area contributed by atoms with Crippen molar-refractivity contribution >= 4 is 40.6 Å². The van der Waals surface area contributed by atoms with Gasteiger partial charge in [0.1, 0.15) is 17.7 Å². The van der Waals surface area contributed by atoms with Gasteiger partial charge in [-0.3, -0.25) is 14.4 Å². The third-order valence-corrected chi connectivity index (χ3v) is 11.0. The lowest BCUT2D eigenvalue weighted by Crippen LogP contribution is -2.65. The van der Waals surface area contributed by atoms with Crippen molar-refractivity contribution in [2.75, 3.05) is 6.54 Å². The van der Waals surface area contributed by atoms with Crippen molar-refractivity contribution in [2.24, 2.45) is 40.2 Å². The number of fused-ring (bicyclic) bond motifs is 3. The number of nitrogens with one attached hydrogen (secondary N) is 1. The van der Waals surface area contributed by atoms with E-state index in [4.69, 9.17) is 10.5 Å². The summed E-state index contributed by atoms with van der Waals surface area (Å²) >= 11 is 4.27. The Morgan fingerprint density at radius 1 is 1.00 bits per heavy atom. The van der Waals surface area contributed by atoms with Gasteiger partial charge in [0.25, 0.3) is 0 Å². The number of nitrogens with zero attached hydrogens (tertiary/aromatic N) is 3. The third-order valence-electron chi connectivity index (χ3n) is 10.6. The average molecular weight is 638 g/mol. The van der Waals surface area contributed by atoms with Crippen LogP contribution >= 0.6 is 12.6 Å². The minimum Gasteiger partial charge on any atom is -0.471 e. The van der Waals surface area contributed by atoms with Crippen LogP contribution in [0.5, 0.6) is 5.88 Å². The van der Waals surface area contributed by atoms with Crippen molar-refractivity contribution in [3.63, 3.8) is 0 Å². The van der Waals surface area contributed by atoms with E-state index in [0.717, 1.165) is 24.8 Å². The first-order valence-corrected chi connectivity index (χ1v) is 17.0. The number of carbonyl (C=O) groups is 3. The number of ether oxygens (including phenoxy) is 1. The first-order chi connectivity index (χ1) is 21.0. The van der Waals surface area contributed by atoms with Crippen molar-refractivity contribution in [1.82, 2.24) is 20.2 Å². The van der Waals surface area contributed by atoms with E-state index in [0.29, 0.717) is 36.6 Å². The number of thiol groups is 1. The number of benzene rings is 1. The number of rotatable bonds is 3. The fraction of sp³-hybridized carbons (Fsp3) is 0.686. The van der Waals surface area contributed by atoms with Crippen molar-refractivity contribution in [2.45, 2.75) is 111 Å². The number of nitrogens with two attached hydrogens (primary N) is 1. The molecular weight excluding hydrogens is 586 g/mol. The van der Waals surface area contributed by atoms with E-state index < -0.39 is 29.1 Å². The van der Waals surface area contributed by atoms with Crippen LogP contribution in [0.15, 0.2) is 30.5 Å². The maximum Gasteiger partial charge on any atom is 0.243 e. The Morgan fingerprint density at radius 3 is 2.31 bits per heavy atom. The normalized spacial score (nSPS) is 35.6. The van der Waals surface area contributed by atoms with E-state index in [2.05, 4.69) is 62.5 Å². The van der Waals surface area contributed by atoms with Crippen LogP contribution < -0.4 is 15.8 Å². The fourth-order valence-electron chi connectivity index (χ4n) is 8.51. The Hall–Kier alpha value is -2.72. The summed E-state index contributed by atoms with van der Waals surface area (Å²) in [6.45, 7) is 15.4. The topological polar surface area (TPSA) is 128 Å². The Bertz CT molecular complexity index is 1450. The van der Waals surface area contributed by atoms with Crippen molar-refractivity contribution in [1.29, 1.82) is 0 Å². The number of amides is 2. The summed E-state index contributed by atoms with van der Waals surface area (Å²) in [6, 6.07) is 6.00. The maximum absolute atomic E-state index is 14.2. The molecule has 3 aliphatic rings. The summed E-state index contributed by atoms with van der Waals surface area (Å²) in [4.78, 5) is 52.1. The second-order valence-corrected chi connectivity index (χ2v) is 16.3. The molecule has 2 amide bonds. The van der Waals surface area contributed by atoms with Crippen LogP contribution in [0, 0.1) is 34.5 Å². The highest BCUT2D eigenvalue weighted by Gasteiger charge is 2.62. The zero-order valence-corrected chi connectivity index (χ0v) is 28.8. The molecule has 9 nitrogen and oxygen atoms in total. The van der Waals surface area contributed by atoms with Gasteiger partial charge in [0, 0.05) is 5.41 Å². The van der Waals surface area contributed by atoms with Gasteiger partial charge in [0.15, 0.2) is 0 Å². The molecule has 1 aliphatic carbocycles. The Labute approximate surface area is 273 Å². The van der Waals surface area contributed by atoms with E-state index in [9.17, 15) is 14.4 Å². The van der Waals surface area contributed by atoms with E-state index in [-0.39, 0.29) is 46.6 Å². The number of hydrogen-bond donors (Lipinski definition) is 3. The Balaban J connectivity index is 1.46. The molecule has 3 N–H and O–H groups in total. The molecule has 5 unspecified atom stereocenters. The largest absolute Gasteiger partial charge is 0.471 e. The standard InChI is InChI=1S/C35H51N5O4S/c1-20-12-22(3)23-16-35(23,32(43)45)39-30(41)27-17-34(6,7)28(44-29-18-37-25-10-8-9-11-26(25)38-29)19-40(27)31(42)24(36)13-21(2)15-33(4,5)14-20/h8-11,18,20-24,27-28H,12-17,19,36H2,1-7H3,(H,39,41)(H,43,45)/t20?,21?,22-,23?,24?,27-,28-,35?/m0/s1. The quantitative estimate of drug-likeness (QED) is 0.396. The second kappa shape index (κ2) is 12.5. The van der Waals surface area contributed by atoms with Gasteiger partial charge in [-0.15, -0.1) is 12.6 Å². The summed E-state index contributed by atoms with van der Waals surface area (Å²) < 4.78 is 6.44. The van der Waals surface area contributed by atoms with E-state index in [1.165, 1.54) is 0 Å². The lowest BCUT2D eigenvalue weighted by atomic mass is 9.73. The van der Waals surface area contributed by atoms with Crippen LogP contribution in [0.3, 0.4) is 0 Å². The maximum atomic E-state index is 14.2. The number of aromatic nitrogens is 2. The SMILES string of the molecule is CC1CC(N)C(=O)N2C[C@H](Oc3cnc4ccccc4n3)C(C)(C)C[C@H]2C(=O)NC2(C(=O)S)CC2[C@@H](C)CC(C)CC(C)(C)C1. The molecule has 45 heavy (non-hydrogen) atoms. The summed E-state index contributed by atoms with van der Waals surface area (Å²) in [6.07, 6.45) is 5.49. The van der Waals surface area contributed by atoms with E-state index in [1.54, 1.807) is 11.1 Å². The lowest BCUT2D eigenvalue weighted by molar-refractivity contribution is -0.152. The van der Waals surface area contributed by atoms with Gasteiger partial charge in [-0.25, -0.2) is 9.97 Å². The average Bonchev–Trinajstić information content (AvgIpc) is 3.67. The zero-order valence-electron chi connectivity index (χ0n) is 27.9. The van der Waals surface area contributed by atoms with E-state index >= 15 is 0 Å².